The summed E-state index contributed by atoms with van der Waals surface area (Å²) in [4.78, 5) is 28.5. The SMILES string of the molecule is CCCCNC(=O)[C@@H](C)N(Cc1ccc(Cl)cc1)C(=O)CCSc1ccc(C)cc1. The molecule has 2 rings (SSSR count). The number of carbonyl (C=O) groups is 2. The number of nitrogens with one attached hydrogen (secondary N) is 1. The van der Waals surface area contributed by atoms with E-state index in [2.05, 4.69) is 43.4 Å². The number of unbranched alkanes of at least 4 members (excludes halogenated alkanes) is 1. The number of halogens is 1. The van der Waals surface area contributed by atoms with Crippen molar-refractivity contribution in [1.29, 1.82) is 0 Å². The zero-order chi connectivity index (χ0) is 21.9. The van der Waals surface area contributed by atoms with Gasteiger partial charge in [0, 0.05) is 35.2 Å². The third-order valence-corrected chi connectivity index (χ3v) is 6.13. The third-order valence-electron chi connectivity index (χ3n) is 4.87. The fourth-order valence-electron chi connectivity index (χ4n) is 2.94. The highest BCUT2D eigenvalue weighted by molar-refractivity contribution is 7.99. The molecule has 162 valence electrons. The highest BCUT2D eigenvalue weighted by atomic mass is 35.5. The molecule has 2 aromatic rings. The van der Waals surface area contributed by atoms with Gasteiger partial charge in [0.15, 0.2) is 0 Å². The maximum atomic E-state index is 13.0. The van der Waals surface area contributed by atoms with Crippen LogP contribution in [-0.4, -0.2) is 35.1 Å². The van der Waals surface area contributed by atoms with Gasteiger partial charge in [0.1, 0.15) is 6.04 Å². The molecule has 4 nitrogen and oxygen atoms in total. The number of aryl methyl sites for hydroxylation is 1. The minimum absolute atomic E-state index is 0.0253. The first-order valence-corrected chi connectivity index (χ1v) is 11.8. The smallest absolute Gasteiger partial charge is 0.242 e. The number of nitrogens with zero attached hydrogens (tertiary/aromatic N) is 1. The predicted molar refractivity (Wildman–Crippen MR) is 126 cm³/mol. The van der Waals surface area contributed by atoms with Gasteiger partial charge in [-0.15, -0.1) is 11.8 Å². The first-order valence-electron chi connectivity index (χ1n) is 10.4. The largest absolute Gasteiger partial charge is 0.354 e. The summed E-state index contributed by atoms with van der Waals surface area (Å²) in [6, 6.07) is 15.1. The molecule has 1 N–H and O–H groups in total. The number of benzene rings is 2. The van der Waals surface area contributed by atoms with E-state index in [9.17, 15) is 9.59 Å². The van der Waals surface area contributed by atoms with Crippen molar-refractivity contribution in [3.63, 3.8) is 0 Å². The summed E-state index contributed by atoms with van der Waals surface area (Å²) in [7, 11) is 0. The Balaban J connectivity index is 2.02. The van der Waals surface area contributed by atoms with Crippen LogP contribution in [0.5, 0.6) is 0 Å². The standard InChI is InChI=1S/C24H31ClN2O2S/c1-4-5-15-26-24(29)19(3)27(17-20-8-10-21(25)11-9-20)23(28)14-16-30-22-12-6-18(2)7-13-22/h6-13,19H,4-5,14-17H2,1-3H3,(H,26,29)/t19-/m1/s1. The maximum Gasteiger partial charge on any atom is 0.242 e. The summed E-state index contributed by atoms with van der Waals surface area (Å²) < 4.78 is 0. The second-order valence-corrected chi connectivity index (χ2v) is 8.98. The molecule has 0 aromatic heterocycles. The Morgan fingerprint density at radius 3 is 2.40 bits per heavy atom. The van der Waals surface area contributed by atoms with E-state index >= 15 is 0 Å². The second-order valence-electron chi connectivity index (χ2n) is 7.38. The van der Waals surface area contributed by atoms with Crippen LogP contribution in [0.15, 0.2) is 53.4 Å². The number of hydrogen-bond acceptors (Lipinski definition) is 3. The Morgan fingerprint density at radius 2 is 1.77 bits per heavy atom. The summed E-state index contributed by atoms with van der Waals surface area (Å²) in [5.74, 6) is 0.531. The lowest BCUT2D eigenvalue weighted by atomic mass is 10.1. The average Bonchev–Trinajstić information content (AvgIpc) is 2.74. The molecule has 1 atom stereocenters. The minimum atomic E-state index is -0.533. The highest BCUT2D eigenvalue weighted by Crippen LogP contribution is 2.21. The van der Waals surface area contributed by atoms with Gasteiger partial charge in [-0.05, 0) is 50.1 Å². The zero-order valence-electron chi connectivity index (χ0n) is 18.0. The number of carbonyl (C=O) groups excluding carboxylic acids is 2. The Bertz CT molecular complexity index is 809. The van der Waals surface area contributed by atoms with E-state index in [-0.39, 0.29) is 11.8 Å². The molecule has 0 radical (unpaired) electrons. The van der Waals surface area contributed by atoms with E-state index in [0.29, 0.717) is 30.3 Å². The Kier molecular flexibility index (Phi) is 10.2. The molecule has 0 saturated carbocycles. The molecule has 2 amide bonds. The van der Waals surface area contributed by atoms with Crippen LogP contribution in [-0.2, 0) is 16.1 Å². The van der Waals surface area contributed by atoms with Crippen LogP contribution < -0.4 is 5.32 Å². The Hall–Kier alpha value is -1.98. The molecule has 2 aromatic carbocycles. The van der Waals surface area contributed by atoms with Gasteiger partial charge in [-0.1, -0.05) is 54.8 Å². The van der Waals surface area contributed by atoms with Gasteiger partial charge in [-0.25, -0.2) is 0 Å². The van der Waals surface area contributed by atoms with Crippen molar-refractivity contribution >= 4 is 35.2 Å². The fourth-order valence-corrected chi connectivity index (χ4v) is 3.91. The molecule has 0 fully saturated rings. The first-order chi connectivity index (χ1) is 14.4. The van der Waals surface area contributed by atoms with Crippen molar-refractivity contribution in [3.8, 4) is 0 Å². The summed E-state index contributed by atoms with van der Waals surface area (Å²) in [5, 5.41) is 3.59. The van der Waals surface area contributed by atoms with Crippen LogP contribution in [0.25, 0.3) is 0 Å². The fraction of sp³-hybridized carbons (Fsp3) is 0.417. The first kappa shape index (κ1) is 24.3. The molecule has 30 heavy (non-hydrogen) atoms. The van der Waals surface area contributed by atoms with Gasteiger partial charge in [0.05, 0.1) is 0 Å². The Labute approximate surface area is 189 Å². The maximum absolute atomic E-state index is 13.0. The number of hydrogen-bond donors (Lipinski definition) is 1. The predicted octanol–water partition coefficient (Wildman–Crippen LogP) is 5.46. The van der Waals surface area contributed by atoms with Crippen molar-refractivity contribution in [2.24, 2.45) is 0 Å². The van der Waals surface area contributed by atoms with Crippen LogP contribution in [0.4, 0.5) is 0 Å². The molecular formula is C24H31ClN2O2S. The lowest BCUT2D eigenvalue weighted by Gasteiger charge is -2.29. The van der Waals surface area contributed by atoms with E-state index in [4.69, 9.17) is 11.6 Å². The quantitative estimate of drug-likeness (QED) is 0.368. The van der Waals surface area contributed by atoms with Gasteiger partial charge in [-0.2, -0.15) is 0 Å². The van der Waals surface area contributed by atoms with Crippen molar-refractivity contribution in [1.82, 2.24) is 10.2 Å². The molecule has 0 heterocycles. The molecule has 0 aliphatic heterocycles. The molecule has 6 heteroatoms. The van der Waals surface area contributed by atoms with Crippen molar-refractivity contribution in [3.05, 3.63) is 64.7 Å². The molecule has 0 saturated heterocycles. The number of rotatable bonds is 11. The van der Waals surface area contributed by atoms with Crippen LogP contribution in [0.1, 0.15) is 44.2 Å². The molecule has 0 aliphatic carbocycles. The summed E-state index contributed by atoms with van der Waals surface area (Å²) >= 11 is 7.64. The van der Waals surface area contributed by atoms with E-state index in [1.54, 1.807) is 35.7 Å². The topological polar surface area (TPSA) is 49.4 Å². The van der Waals surface area contributed by atoms with Crippen LogP contribution in [0, 0.1) is 6.92 Å². The van der Waals surface area contributed by atoms with Gasteiger partial charge >= 0.3 is 0 Å². The van der Waals surface area contributed by atoms with Crippen LogP contribution >= 0.6 is 23.4 Å². The van der Waals surface area contributed by atoms with E-state index in [1.165, 1.54) is 5.56 Å². The van der Waals surface area contributed by atoms with Gasteiger partial charge in [-0.3, -0.25) is 9.59 Å². The molecule has 0 bridgehead atoms. The molecule has 0 unspecified atom stereocenters. The lowest BCUT2D eigenvalue weighted by Crippen LogP contribution is -2.47. The van der Waals surface area contributed by atoms with Gasteiger partial charge in [0.2, 0.25) is 11.8 Å². The monoisotopic (exact) mass is 446 g/mol. The van der Waals surface area contributed by atoms with Crippen molar-refractivity contribution in [2.75, 3.05) is 12.3 Å². The summed E-state index contributed by atoms with van der Waals surface area (Å²) in [5.41, 5.74) is 2.17. The minimum Gasteiger partial charge on any atom is -0.354 e. The highest BCUT2D eigenvalue weighted by Gasteiger charge is 2.25. The van der Waals surface area contributed by atoms with Gasteiger partial charge < -0.3 is 10.2 Å². The normalized spacial score (nSPS) is 11.7. The van der Waals surface area contributed by atoms with Crippen molar-refractivity contribution < 1.29 is 9.59 Å². The van der Waals surface area contributed by atoms with E-state index < -0.39 is 6.04 Å². The zero-order valence-corrected chi connectivity index (χ0v) is 19.6. The summed E-state index contributed by atoms with van der Waals surface area (Å²) in [6.45, 7) is 6.94. The molecule has 0 spiro atoms. The van der Waals surface area contributed by atoms with E-state index in [0.717, 1.165) is 23.3 Å². The van der Waals surface area contributed by atoms with E-state index in [1.807, 2.05) is 12.1 Å². The van der Waals surface area contributed by atoms with Crippen LogP contribution in [0.2, 0.25) is 5.02 Å². The lowest BCUT2D eigenvalue weighted by molar-refractivity contribution is -0.140. The summed E-state index contributed by atoms with van der Waals surface area (Å²) in [6.07, 6.45) is 2.31. The molecule has 0 aliphatic rings. The Morgan fingerprint density at radius 1 is 1.10 bits per heavy atom. The van der Waals surface area contributed by atoms with Gasteiger partial charge in [0.25, 0.3) is 0 Å². The third kappa shape index (κ3) is 8.04. The number of thioether (sulfide) groups is 1. The number of amides is 2. The van der Waals surface area contributed by atoms with Crippen LogP contribution in [0.3, 0.4) is 0 Å². The average molecular weight is 447 g/mol. The molecular weight excluding hydrogens is 416 g/mol. The second kappa shape index (κ2) is 12.7. The van der Waals surface area contributed by atoms with Crippen molar-refractivity contribution in [2.45, 2.75) is 57.5 Å².